The number of hydrogen-bond donors (Lipinski definition) is 3. The van der Waals surface area contributed by atoms with Gasteiger partial charge in [0.2, 0.25) is 0 Å². The Morgan fingerprint density at radius 3 is 2.82 bits per heavy atom. The fourth-order valence-electron chi connectivity index (χ4n) is 1.27. The van der Waals surface area contributed by atoms with E-state index in [0.29, 0.717) is 10.5 Å². The molecule has 17 heavy (non-hydrogen) atoms. The monoisotopic (exact) mass is 254 g/mol. The van der Waals surface area contributed by atoms with Gasteiger partial charge in [-0.3, -0.25) is 4.79 Å². The summed E-state index contributed by atoms with van der Waals surface area (Å²) in [4.78, 5) is 22.8. The van der Waals surface area contributed by atoms with E-state index in [1.54, 1.807) is 6.07 Å². The second-order valence-electron chi connectivity index (χ2n) is 3.42. The number of amides is 2. The maximum absolute atomic E-state index is 11.7. The molecule has 0 radical (unpaired) electrons. The predicted molar refractivity (Wildman–Crippen MR) is 66.3 cm³/mol. The molecule has 0 saturated heterocycles. The Morgan fingerprint density at radius 2 is 2.18 bits per heavy atom. The summed E-state index contributed by atoms with van der Waals surface area (Å²) in [5.41, 5.74) is 6.19. The molecule has 1 aromatic carbocycles. The van der Waals surface area contributed by atoms with Crippen LogP contribution in [0.3, 0.4) is 0 Å². The highest BCUT2D eigenvalue weighted by Gasteiger charge is 2.08. The summed E-state index contributed by atoms with van der Waals surface area (Å²) in [6, 6.07) is 5.31. The van der Waals surface area contributed by atoms with Gasteiger partial charge in [0.05, 0.1) is 6.54 Å². The number of ether oxygens (including phenoxy) is 1. The van der Waals surface area contributed by atoms with Gasteiger partial charge in [0.15, 0.2) is 0 Å². The van der Waals surface area contributed by atoms with Gasteiger partial charge in [-0.1, -0.05) is 6.07 Å². The van der Waals surface area contributed by atoms with Crippen LogP contribution in [0.25, 0.3) is 0 Å². The van der Waals surface area contributed by atoms with E-state index >= 15 is 0 Å². The van der Waals surface area contributed by atoms with Gasteiger partial charge in [-0.25, -0.2) is 4.79 Å². The first-order valence-electron chi connectivity index (χ1n) is 5.00. The van der Waals surface area contributed by atoms with Gasteiger partial charge in [0, 0.05) is 10.5 Å². The second-order valence-corrected chi connectivity index (χ2v) is 3.94. The molecule has 0 atom stereocenters. The SMILES string of the molecule is Cc1ccc(S)cc1C(=O)NCCOC(N)=O. The van der Waals surface area contributed by atoms with Gasteiger partial charge in [-0.2, -0.15) is 0 Å². The fraction of sp³-hybridized carbons (Fsp3) is 0.273. The first-order chi connectivity index (χ1) is 8.00. The smallest absolute Gasteiger partial charge is 0.404 e. The van der Waals surface area contributed by atoms with Gasteiger partial charge in [0.1, 0.15) is 6.61 Å². The van der Waals surface area contributed by atoms with Crippen molar-refractivity contribution in [2.45, 2.75) is 11.8 Å². The van der Waals surface area contributed by atoms with Crippen molar-refractivity contribution in [1.82, 2.24) is 5.32 Å². The van der Waals surface area contributed by atoms with Crippen molar-refractivity contribution >= 4 is 24.6 Å². The maximum Gasteiger partial charge on any atom is 0.404 e. The van der Waals surface area contributed by atoms with E-state index in [-0.39, 0.29) is 19.1 Å². The molecule has 1 rings (SSSR count). The number of nitrogens with one attached hydrogen (secondary N) is 1. The largest absolute Gasteiger partial charge is 0.448 e. The van der Waals surface area contributed by atoms with Crippen LogP contribution in [0.1, 0.15) is 15.9 Å². The minimum atomic E-state index is -0.854. The Kier molecular flexibility index (Phi) is 4.84. The Balaban J connectivity index is 2.52. The van der Waals surface area contributed by atoms with E-state index in [2.05, 4.69) is 22.7 Å². The molecule has 0 aliphatic carbocycles. The summed E-state index contributed by atoms with van der Waals surface area (Å²) < 4.78 is 4.49. The molecule has 5 nitrogen and oxygen atoms in total. The third kappa shape index (κ3) is 4.36. The summed E-state index contributed by atoms with van der Waals surface area (Å²) in [7, 11) is 0. The van der Waals surface area contributed by atoms with Crippen LogP contribution in [0.5, 0.6) is 0 Å². The van der Waals surface area contributed by atoms with Crippen LogP contribution in [0.15, 0.2) is 23.1 Å². The number of carbonyl (C=O) groups is 2. The van der Waals surface area contributed by atoms with Crippen LogP contribution in [-0.4, -0.2) is 25.2 Å². The quantitative estimate of drug-likeness (QED) is 0.556. The highest BCUT2D eigenvalue weighted by atomic mass is 32.1. The lowest BCUT2D eigenvalue weighted by molar-refractivity contribution is 0.0936. The number of thiol groups is 1. The lowest BCUT2D eigenvalue weighted by atomic mass is 10.1. The van der Waals surface area contributed by atoms with Crippen LogP contribution >= 0.6 is 12.6 Å². The van der Waals surface area contributed by atoms with E-state index in [4.69, 9.17) is 5.73 Å². The average Bonchev–Trinajstić information content (AvgIpc) is 2.27. The Morgan fingerprint density at radius 1 is 1.47 bits per heavy atom. The summed E-state index contributed by atoms with van der Waals surface area (Å²) in [5.74, 6) is -0.230. The zero-order chi connectivity index (χ0) is 12.8. The molecule has 1 aromatic rings. The van der Waals surface area contributed by atoms with Gasteiger partial charge in [-0.05, 0) is 24.6 Å². The van der Waals surface area contributed by atoms with E-state index in [1.807, 2.05) is 19.1 Å². The Labute approximate surface area is 105 Å². The van der Waals surface area contributed by atoms with E-state index < -0.39 is 6.09 Å². The lowest BCUT2D eigenvalue weighted by Gasteiger charge is -2.08. The summed E-state index contributed by atoms with van der Waals surface area (Å²) in [5, 5.41) is 2.62. The lowest BCUT2D eigenvalue weighted by Crippen LogP contribution is -2.29. The number of hydrogen-bond acceptors (Lipinski definition) is 4. The van der Waals surface area contributed by atoms with Gasteiger partial charge >= 0.3 is 6.09 Å². The molecule has 0 aliphatic heterocycles. The zero-order valence-corrected chi connectivity index (χ0v) is 10.3. The molecule has 0 saturated carbocycles. The van der Waals surface area contributed by atoms with Crippen LogP contribution in [0.2, 0.25) is 0 Å². The summed E-state index contributed by atoms with van der Waals surface area (Å²) >= 11 is 4.17. The van der Waals surface area contributed by atoms with Crippen LogP contribution in [-0.2, 0) is 4.74 Å². The molecule has 0 unspecified atom stereocenters. The number of rotatable bonds is 4. The van der Waals surface area contributed by atoms with Crippen molar-refractivity contribution in [1.29, 1.82) is 0 Å². The number of primary amides is 1. The minimum absolute atomic E-state index is 0.0562. The van der Waals surface area contributed by atoms with E-state index in [1.165, 1.54) is 0 Å². The van der Waals surface area contributed by atoms with Crippen molar-refractivity contribution in [3.63, 3.8) is 0 Å². The Bertz CT molecular complexity index is 435. The van der Waals surface area contributed by atoms with Gasteiger partial charge < -0.3 is 15.8 Å². The highest BCUT2D eigenvalue weighted by Crippen LogP contribution is 2.13. The summed E-state index contributed by atoms with van der Waals surface area (Å²) in [6.45, 7) is 2.11. The molecule has 0 aromatic heterocycles. The molecule has 3 N–H and O–H groups in total. The van der Waals surface area contributed by atoms with Crippen molar-refractivity contribution in [2.24, 2.45) is 5.73 Å². The normalized spacial score (nSPS) is 9.76. The van der Waals surface area contributed by atoms with Crippen molar-refractivity contribution in [2.75, 3.05) is 13.2 Å². The third-order valence-corrected chi connectivity index (χ3v) is 2.38. The second kappa shape index (κ2) is 6.15. The minimum Gasteiger partial charge on any atom is -0.448 e. The molecule has 0 heterocycles. The van der Waals surface area contributed by atoms with Crippen LogP contribution < -0.4 is 11.1 Å². The molecule has 92 valence electrons. The standard InChI is InChI=1S/C11H14N2O3S/c1-7-2-3-8(17)6-9(7)10(14)13-4-5-16-11(12)15/h2-3,6,17H,4-5H2,1H3,(H2,12,15)(H,13,14). The van der Waals surface area contributed by atoms with Gasteiger partial charge in [-0.15, -0.1) is 12.6 Å². The van der Waals surface area contributed by atoms with Crippen LogP contribution in [0.4, 0.5) is 4.79 Å². The zero-order valence-electron chi connectivity index (χ0n) is 9.40. The van der Waals surface area contributed by atoms with Crippen molar-refractivity contribution < 1.29 is 14.3 Å². The molecule has 2 amide bonds. The predicted octanol–water partition coefficient (Wildman–Crippen LogP) is 1.11. The third-order valence-electron chi connectivity index (χ3n) is 2.10. The first kappa shape index (κ1) is 13.4. The number of carbonyl (C=O) groups excluding carboxylic acids is 2. The van der Waals surface area contributed by atoms with Gasteiger partial charge in [0.25, 0.3) is 5.91 Å². The fourth-order valence-corrected chi connectivity index (χ4v) is 1.47. The molecular formula is C11H14N2O3S. The molecule has 6 heteroatoms. The molecular weight excluding hydrogens is 240 g/mol. The first-order valence-corrected chi connectivity index (χ1v) is 5.45. The number of aryl methyl sites for hydroxylation is 1. The van der Waals surface area contributed by atoms with E-state index in [9.17, 15) is 9.59 Å². The molecule has 0 bridgehead atoms. The number of nitrogens with two attached hydrogens (primary N) is 1. The Hall–Kier alpha value is -1.69. The maximum atomic E-state index is 11.7. The highest BCUT2D eigenvalue weighted by molar-refractivity contribution is 7.80. The van der Waals surface area contributed by atoms with Crippen molar-refractivity contribution in [3.05, 3.63) is 29.3 Å². The topological polar surface area (TPSA) is 81.4 Å². The van der Waals surface area contributed by atoms with Crippen LogP contribution in [0, 0.1) is 6.92 Å². The summed E-state index contributed by atoms with van der Waals surface area (Å²) in [6.07, 6.45) is -0.854. The molecule has 0 aliphatic rings. The number of benzene rings is 1. The van der Waals surface area contributed by atoms with Crippen molar-refractivity contribution in [3.8, 4) is 0 Å². The van der Waals surface area contributed by atoms with E-state index in [0.717, 1.165) is 5.56 Å². The molecule has 0 fully saturated rings. The molecule has 0 spiro atoms. The average molecular weight is 254 g/mol.